The zero-order valence-electron chi connectivity index (χ0n) is 27.5. The van der Waals surface area contributed by atoms with Gasteiger partial charge in [-0.15, -0.1) is 0 Å². The van der Waals surface area contributed by atoms with E-state index < -0.39 is 5.60 Å². The Hall–Kier alpha value is -2.87. The molecule has 2 aliphatic carbocycles. The van der Waals surface area contributed by atoms with Crippen LogP contribution in [-0.2, 0) is 4.74 Å². The van der Waals surface area contributed by atoms with Crippen LogP contribution in [0.25, 0.3) is 0 Å². The van der Waals surface area contributed by atoms with Gasteiger partial charge in [0.15, 0.2) is 0 Å². The Labute approximate surface area is 250 Å². The monoisotopic (exact) mass is 561 g/mol. The molecule has 0 unspecified atom stereocenters. The van der Waals surface area contributed by atoms with Crippen molar-refractivity contribution in [2.45, 2.75) is 112 Å². The molecule has 0 aromatic carbocycles. The van der Waals surface area contributed by atoms with Gasteiger partial charge in [0.25, 0.3) is 0 Å². The van der Waals surface area contributed by atoms with Crippen LogP contribution in [0.15, 0.2) is 63.2 Å². The molecule has 41 heavy (non-hydrogen) atoms. The molecule has 1 amide bonds. The second-order valence-corrected chi connectivity index (χ2v) is 13.5. The maximum absolute atomic E-state index is 12.9. The van der Waals surface area contributed by atoms with Gasteiger partial charge in [0.1, 0.15) is 5.60 Å². The van der Waals surface area contributed by atoms with Crippen molar-refractivity contribution in [3.8, 4) is 6.07 Å². The van der Waals surface area contributed by atoms with Gasteiger partial charge >= 0.3 is 6.09 Å². The Bertz CT molecular complexity index is 1150. The average molecular weight is 562 g/mol. The lowest BCUT2D eigenvalue weighted by molar-refractivity contribution is 0.0230. The number of allylic oxidation sites excluding steroid dienone is 7. The lowest BCUT2D eigenvalue weighted by Gasteiger charge is -2.29. The fraction of sp³-hybridized carbons (Fsp3) is 0.639. The molecular weight excluding hydrogens is 506 g/mol. The highest BCUT2D eigenvalue weighted by atomic mass is 16.6. The summed E-state index contributed by atoms with van der Waals surface area (Å²) in [6.45, 7) is 26.4. The molecule has 2 rings (SSSR count). The highest BCUT2D eigenvalue weighted by molar-refractivity contribution is 6.03. The van der Waals surface area contributed by atoms with Gasteiger partial charge in [-0.1, -0.05) is 55.4 Å². The number of carbonyl (C=O) groups is 1. The number of carbonyl (C=O) groups excluding carboxylic acids is 1. The van der Waals surface area contributed by atoms with E-state index in [0.717, 1.165) is 42.5 Å². The molecule has 0 bridgehead atoms. The van der Waals surface area contributed by atoms with Crippen LogP contribution in [0.5, 0.6) is 0 Å². The molecular formula is C36H55N3O2. The molecule has 0 N–H and O–H groups in total. The predicted molar refractivity (Wildman–Crippen MR) is 173 cm³/mol. The zero-order valence-corrected chi connectivity index (χ0v) is 27.5. The average Bonchev–Trinajstić information content (AvgIpc) is 3.73. The first-order valence-electron chi connectivity index (χ1n) is 15.4. The number of aliphatic imine (C=N–C) groups is 1. The summed E-state index contributed by atoms with van der Waals surface area (Å²) in [6, 6.07) is 2.49. The first kappa shape index (κ1) is 34.3. The summed E-state index contributed by atoms with van der Waals surface area (Å²) in [7, 11) is 1.86. The summed E-state index contributed by atoms with van der Waals surface area (Å²) in [5.41, 5.74) is 9.01. The molecule has 0 heterocycles. The zero-order chi connectivity index (χ0) is 30.9. The van der Waals surface area contributed by atoms with E-state index in [2.05, 4.69) is 64.9 Å². The minimum atomic E-state index is -0.531. The number of rotatable bonds is 12. The Balaban J connectivity index is 2.41. The molecule has 2 saturated carbocycles. The van der Waals surface area contributed by atoms with Crippen molar-refractivity contribution in [3.63, 3.8) is 0 Å². The van der Waals surface area contributed by atoms with Crippen molar-refractivity contribution < 1.29 is 9.53 Å². The van der Waals surface area contributed by atoms with Crippen LogP contribution < -0.4 is 0 Å². The number of hydrogen-bond acceptors (Lipinski definition) is 4. The third kappa shape index (κ3) is 11.1. The van der Waals surface area contributed by atoms with E-state index in [9.17, 15) is 10.1 Å². The molecule has 0 aromatic heterocycles. The Morgan fingerprint density at radius 3 is 2.37 bits per heavy atom. The van der Waals surface area contributed by atoms with E-state index in [4.69, 9.17) is 4.74 Å². The van der Waals surface area contributed by atoms with E-state index in [1.807, 2.05) is 32.7 Å². The lowest BCUT2D eigenvalue weighted by atomic mass is 9.82. The van der Waals surface area contributed by atoms with Gasteiger partial charge < -0.3 is 9.64 Å². The van der Waals surface area contributed by atoms with E-state index in [-0.39, 0.29) is 12.0 Å². The fourth-order valence-electron chi connectivity index (χ4n) is 5.48. The van der Waals surface area contributed by atoms with Gasteiger partial charge in [-0.2, -0.15) is 5.26 Å². The van der Waals surface area contributed by atoms with Crippen molar-refractivity contribution in [3.05, 3.63) is 58.2 Å². The number of nitriles is 1. The van der Waals surface area contributed by atoms with E-state index in [0.29, 0.717) is 37.8 Å². The van der Waals surface area contributed by atoms with Crippen LogP contribution in [0.2, 0.25) is 0 Å². The maximum Gasteiger partial charge on any atom is 0.410 e. The van der Waals surface area contributed by atoms with Crippen LogP contribution >= 0.6 is 0 Å². The molecule has 0 saturated heterocycles. The number of amides is 1. The molecule has 2 aliphatic rings. The Kier molecular flexibility index (Phi) is 12.9. The van der Waals surface area contributed by atoms with Crippen molar-refractivity contribution in [2.24, 2.45) is 22.7 Å². The molecule has 0 radical (unpaired) electrons. The van der Waals surface area contributed by atoms with Gasteiger partial charge in [0.05, 0.1) is 12.0 Å². The molecule has 2 fully saturated rings. The second-order valence-electron chi connectivity index (χ2n) is 13.5. The van der Waals surface area contributed by atoms with Gasteiger partial charge in [-0.05, 0) is 116 Å². The molecule has 5 nitrogen and oxygen atoms in total. The summed E-state index contributed by atoms with van der Waals surface area (Å²) in [4.78, 5) is 19.4. The Morgan fingerprint density at radius 2 is 1.85 bits per heavy atom. The lowest BCUT2D eigenvalue weighted by Crippen LogP contribution is -2.39. The van der Waals surface area contributed by atoms with Crippen LogP contribution in [0.4, 0.5) is 4.79 Å². The predicted octanol–water partition coefficient (Wildman–Crippen LogP) is 9.55. The first-order chi connectivity index (χ1) is 19.2. The quantitative estimate of drug-likeness (QED) is 0.135. The highest BCUT2D eigenvalue weighted by Gasteiger charge is 2.31. The summed E-state index contributed by atoms with van der Waals surface area (Å²) < 4.78 is 5.69. The molecule has 5 heteroatoms. The van der Waals surface area contributed by atoms with Crippen LogP contribution in [0.1, 0.15) is 107 Å². The first-order valence-corrected chi connectivity index (χ1v) is 15.4. The summed E-state index contributed by atoms with van der Waals surface area (Å²) in [6.07, 6.45) is 9.91. The highest BCUT2D eigenvalue weighted by Crippen LogP contribution is 2.44. The number of nitrogens with zero attached hydrogens (tertiary/aromatic N) is 3. The van der Waals surface area contributed by atoms with Gasteiger partial charge in [0.2, 0.25) is 0 Å². The minimum Gasteiger partial charge on any atom is -0.444 e. The van der Waals surface area contributed by atoms with E-state index >= 15 is 0 Å². The van der Waals surface area contributed by atoms with Gasteiger partial charge in [-0.25, -0.2) is 4.79 Å². The van der Waals surface area contributed by atoms with Crippen molar-refractivity contribution >= 4 is 11.8 Å². The molecule has 0 aliphatic heterocycles. The summed E-state index contributed by atoms with van der Waals surface area (Å²) in [5, 5.41) is 9.52. The van der Waals surface area contributed by atoms with E-state index in [1.165, 1.54) is 40.7 Å². The smallest absolute Gasteiger partial charge is 0.410 e. The topological polar surface area (TPSA) is 65.7 Å². The van der Waals surface area contributed by atoms with E-state index in [1.54, 1.807) is 0 Å². The number of ether oxygens (including phenoxy) is 1. The van der Waals surface area contributed by atoms with Crippen LogP contribution in [0, 0.1) is 29.1 Å². The maximum atomic E-state index is 12.9. The summed E-state index contributed by atoms with van der Waals surface area (Å²) in [5.74, 6) is 0.988. The largest absolute Gasteiger partial charge is 0.444 e. The van der Waals surface area contributed by atoms with Gasteiger partial charge in [0, 0.05) is 31.4 Å². The van der Waals surface area contributed by atoms with Crippen LogP contribution in [-0.4, -0.2) is 42.4 Å². The third-order valence-electron chi connectivity index (χ3n) is 7.86. The SMILES string of the molecule is C=C(CCN(CC(C)C)C(=O)OC(C)(C)C)C/C(C(=C)C)=C(C(=C/C(C)=C1/CCC[C@@H](C#N)C1)\C1CC1)/C(C)=N\C. The molecule has 226 valence electrons. The number of hydrogen-bond donors (Lipinski definition) is 0. The van der Waals surface area contributed by atoms with Crippen molar-refractivity contribution in [1.82, 2.24) is 4.90 Å². The fourth-order valence-corrected chi connectivity index (χ4v) is 5.48. The third-order valence-corrected chi connectivity index (χ3v) is 7.86. The standard InChI is InChI=1S/C36H55N3O2/c1-24(2)23-39(35(40)41-36(8,9)10)18-17-26(5)19-32(25(3)4)34(28(7)38-11)33(30-15-16-30)20-27(6)31-14-12-13-29(21-31)22-37/h20,24,29-30H,3,5,12-19,21,23H2,1-2,4,6-11H3/b31-27-,33-20-,34-32+,38-28-/t29-/m1/s1. The molecule has 1 atom stereocenters. The van der Waals surface area contributed by atoms with Crippen LogP contribution in [0.3, 0.4) is 0 Å². The van der Waals surface area contributed by atoms with Crippen molar-refractivity contribution in [2.75, 3.05) is 20.1 Å². The summed E-state index contributed by atoms with van der Waals surface area (Å²) >= 11 is 0. The molecule has 0 spiro atoms. The van der Waals surface area contributed by atoms with Crippen molar-refractivity contribution in [1.29, 1.82) is 5.26 Å². The normalized spacial score (nSPS) is 20.3. The van der Waals surface area contributed by atoms with Gasteiger partial charge in [-0.3, -0.25) is 4.99 Å². The second kappa shape index (κ2) is 15.4. The molecule has 0 aromatic rings. The minimum absolute atomic E-state index is 0.130. The Morgan fingerprint density at radius 1 is 1.20 bits per heavy atom.